The average molecular weight is 488 g/mol. The highest BCUT2D eigenvalue weighted by atomic mass is 19.1. The highest BCUT2D eigenvalue weighted by Crippen LogP contribution is 2.50. The molecule has 1 saturated heterocycles. The molecule has 0 aliphatic carbocycles. The van der Waals surface area contributed by atoms with Crippen LogP contribution in [0.1, 0.15) is 29.5 Å². The van der Waals surface area contributed by atoms with Gasteiger partial charge in [0, 0.05) is 37.1 Å². The average Bonchev–Trinajstić information content (AvgIpc) is 3.08. The molecule has 182 valence electrons. The Labute approximate surface area is 205 Å². The van der Waals surface area contributed by atoms with Crippen molar-refractivity contribution in [1.29, 1.82) is 0 Å². The number of aryl methyl sites for hydroxylation is 1. The van der Waals surface area contributed by atoms with Gasteiger partial charge in [0.05, 0.1) is 28.6 Å². The maximum absolute atomic E-state index is 15.3. The van der Waals surface area contributed by atoms with Gasteiger partial charge in [-0.15, -0.1) is 0 Å². The lowest BCUT2D eigenvalue weighted by atomic mass is 9.73. The van der Waals surface area contributed by atoms with E-state index in [9.17, 15) is 14.0 Å². The second-order valence-electron chi connectivity index (χ2n) is 9.46. The first-order valence-corrected chi connectivity index (χ1v) is 11.8. The van der Waals surface area contributed by atoms with Crippen LogP contribution in [0.2, 0.25) is 0 Å². The molecule has 2 aliphatic heterocycles. The van der Waals surface area contributed by atoms with Crippen LogP contribution in [-0.4, -0.2) is 33.9 Å². The second kappa shape index (κ2) is 8.22. The number of amides is 1. The number of aromatic amines is 1. The van der Waals surface area contributed by atoms with Crippen LogP contribution < -0.4 is 15.4 Å². The molecule has 0 atom stereocenters. The van der Waals surface area contributed by atoms with Crippen LogP contribution in [0.25, 0.3) is 10.9 Å². The van der Waals surface area contributed by atoms with Gasteiger partial charge >= 0.3 is 0 Å². The van der Waals surface area contributed by atoms with Crippen LogP contribution in [0, 0.1) is 18.6 Å². The molecule has 0 saturated carbocycles. The molecule has 1 fully saturated rings. The van der Waals surface area contributed by atoms with Crippen LogP contribution in [0.4, 0.5) is 20.4 Å². The van der Waals surface area contributed by atoms with Gasteiger partial charge in [0.25, 0.3) is 5.56 Å². The minimum Gasteiger partial charge on any atom is -0.342 e. The largest absolute Gasteiger partial charge is 0.342 e. The fourth-order valence-electron chi connectivity index (χ4n) is 5.56. The van der Waals surface area contributed by atoms with Crippen LogP contribution in [0.5, 0.6) is 0 Å². The summed E-state index contributed by atoms with van der Waals surface area (Å²) in [6.45, 7) is 2.83. The molecule has 9 heteroatoms. The predicted molar refractivity (Wildman–Crippen MR) is 132 cm³/mol. The molecular weight excluding hydrogens is 464 g/mol. The van der Waals surface area contributed by atoms with E-state index in [0.29, 0.717) is 42.8 Å². The highest BCUT2D eigenvalue weighted by Gasteiger charge is 2.54. The van der Waals surface area contributed by atoms with E-state index in [2.05, 4.69) is 15.0 Å². The first kappa shape index (κ1) is 22.3. The predicted octanol–water partition coefficient (Wildman–Crippen LogP) is 3.99. The lowest BCUT2D eigenvalue weighted by Crippen LogP contribution is -2.49. The van der Waals surface area contributed by atoms with Gasteiger partial charge in [0.2, 0.25) is 11.9 Å². The number of rotatable bonds is 3. The van der Waals surface area contributed by atoms with Gasteiger partial charge in [0.15, 0.2) is 0 Å². The molecule has 2 aromatic carbocycles. The zero-order chi connectivity index (χ0) is 25.0. The smallest absolute Gasteiger partial charge is 0.260 e. The summed E-state index contributed by atoms with van der Waals surface area (Å²) in [6, 6.07) is 11.1. The van der Waals surface area contributed by atoms with Crippen molar-refractivity contribution in [3.05, 3.63) is 93.5 Å². The van der Waals surface area contributed by atoms with Crippen molar-refractivity contribution in [2.45, 2.75) is 31.7 Å². The van der Waals surface area contributed by atoms with Crippen LogP contribution >= 0.6 is 0 Å². The van der Waals surface area contributed by atoms with E-state index in [0.717, 1.165) is 17.2 Å². The minimum atomic E-state index is -1.11. The third-order valence-electron chi connectivity index (χ3n) is 7.36. The van der Waals surface area contributed by atoms with E-state index in [-0.39, 0.29) is 29.3 Å². The molecule has 36 heavy (non-hydrogen) atoms. The molecular formula is C27H23F2N5O2. The Balaban J connectivity index is 1.35. The number of halogens is 2. The van der Waals surface area contributed by atoms with E-state index in [1.807, 2.05) is 30.0 Å². The van der Waals surface area contributed by atoms with Gasteiger partial charge < -0.3 is 9.80 Å². The number of piperidine rings is 1. The SMILES string of the molecule is Cc1cccc2c(=O)[nH]c(N3CCC4(CC3)C(=O)N(Cc3cccnc3)c3cc(F)cc(F)c34)nc12. The van der Waals surface area contributed by atoms with Crippen LogP contribution in [0.15, 0.2) is 59.7 Å². The fraction of sp³-hybridized carbons (Fsp3) is 0.259. The number of fused-ring (bicyclic) bond motifs is 3. The van der Waals surface area contributed by atoms with Gasteiger partial charge in [-0.05, 0) is 49.1 Å². The van der Waals surface area contributed by atoms with Gasteiger partial charge in [0.1, 0.15) is 11.6 Å². The molecule has 1 amide bonds. The molecule has 0 unspecified atom stereocenters. The number of nitrogens with one attached hydrogen (secondary N) is 1. The molecule has 4 heterocycles. The third-order valence-corrected chi connectivity index (χ3v) is 7.36. The summed E-state index contributed by atoms with van der Waals surface area (Å²) < 4.78 is 29.5. The molecule has 2 aromatic heterocycles. The third kappa shape index (κ3) is 3.37. The highest BCUT2D eigenvalue weighted by molar-refractivity contribution is 6.08. The van der Waals surface area contributed by atoms with Gasteiger partial charge in [-0.1, -0.05) is 18.2 Å². The molecule has 0 radical (unpaired) electrons. The van der Waals surface area contributed by atoms with Crippen molar-refractivity contribution in [1.82, 2.24) is 15.0 Å². The topological polar surface area (TPSA) is 82.2 Å². The zero-order valence-corrected chi connectivity index (χ0v) is 19.6. The van der Waals surface area contributed by atoms with Crippen molar-refractivity contribution in [3.8, 4) is 0 Å². The molecule has 6 rings (SSSR count). The summed E-state index contributed by atoms with van der Waals surface area (Å²) in [5.74, 6) is -1.26. The fourth-order valence-corrected chi connectivity index (χ4v) is 5.56. The summed E-state index contributed by atoms with van der Waals surface area (Å²) in [5, 5.41) is 0.516. The maximum atomic E-state index is 15.3. The van der Waals surface area contributed by atoms with Crippen molar-refractivity contribution in [3.63, 3.8) is 0 Å². The van der Waals surface area contributed by atoms with E-state index < -0.39 is 17.0 Å². The molecule has 0 bridgehead atoms. The second-order valence-corrected chi connectivity index (χ2v) is 9.46. The standard InChI is InChI=1S/C27H23F2N5O2/c1-16-4-2-6-19-23(16)31-26(32-24(19)35)33-10-7-27(8-11-33)22-20(29)12-18(28)13-21(22)34(25(27)36)15-17-5-3-9-30-14-17/h2-6,9,12-14H,7-8,10-11,15H2,1H3,(H,31,32,35). The summed E-state index contributed by atoms with van der Waals surface area (Å²) >= 11 is 0. The monoisotopic (exact) mass is 487 g/mol. The summed E-state index contributed by atoms with van der Waals surface area (Å²) in [4.78, 5) is 41.5. The van der Waals surface area contributed by atoms with Gasteiger partial charge in [-0.3, -0.25) is 19.6 Å². The normalized spacial score (nSPS) is 16.7. The Kier molecular flexibility index (Phi) is 5.10. The number of carbonyl (C=O) groups excluding carboxylic acids is 1. The number of nitrogens with zero attached hydrogens (tertiary/aromatic N) is 4. The first-order valence-electron chi connectivity index (χ1n) is 11.8. The Morgan fingerprint density at radius 1 is 1.08 bits per heavy atom. The molecule has 2 aliphatic rings. The van der Waals surface area contributed by atoms with E-state index in [4.69, 9.17) is 0 Å². The van der Waals surface area contributed by atoms with Crippen molar-refractivity contribution in [2.24, 2.45) is 0 Å². The van der Waals surface area contributed by atoms with Crippen LogP contribution in [0.3, 0.4) is 0 Å². The Morgan fingerprint density at radius 3 is 2.64 bits per heavy atom. The van der Waals surface area contributed by atoms with E-state index in [1.165, 1.54) is 11.0 Å². The number of para-hydroxylation sites is 1. The molecule has 4 aromatic rings. The number of hydrogen-bond donors (Lipinski definition) is 1. The summed E-state index contributed by atoms with van der Waals surface area (Å²) in [5.41, 5.74) is 1.45. The number of aromatic nitrogens is 3. The zero-order valence-electron chi connectivity index (χ0n) is 19.6. The summed E-state index contributed by atoms with van der Waals surface area (Å²) in [7, 11) is 0. The number of benzene rings is 2. The molecule has 7 nitrogen and oxygen atoms in total. The Morgan fingerprint density at radius 2 is 1.89 bits per heavy atom. The minimum absolute atomic E-state index is 0.173. The lowest BCUT2D eigenvalue weighted by molar-refractivity contribution is -0.124. The molecule has 1 spiro atoms. The number of anilines is 2. The van der Waals surface area contributed by atoms with Gasteiger partial charge in [-0.2, -0.15) is 0 Å². The van der Waals surface area contributed by atoms with Gasteiger partial charge in [-0.25, -0.2) is 13.8 Å². The lowest BCUT2D eigenvalue weighted by Gasteiger charge is -2.38. The van der Waals surface area contributed by atoms with Crippen molar-refractivity contribution >= 4 is 28.4 Å². The first-order chi connectivity index (χ1) is 17.4. The van der Waals surface area contributed by atoms with Crippen LogP contribution in [-0.2, 0) is 16.8 Å². The number of pyridine rings is 1. The van der Waals surface area contributed by atoms with E-state index >= 15 is 4.39 Å². The number of carbonyl (C=O) groups is 1. The van der Waals surface area contributed by atoms with Crippen molar-refractivity contribution < 1.29 is 13.6 Å². The number of hydrogen-bond acceptors (Lipinski definition) is 5. The Bertz CT molecular complexity index is 1560. The summed E-state index contributed by atoms with van der Waals surface area (Å²) in [6.07, 6.45) is 3.88. The quantitative estimate of drug-likeness (QED) is 0.473. The Hall–Kier alpha value is -4.14. The number of H-pyrrole nitrogens is 1. The maximum Gasteiger partial charge on any atom is 0.260 e. The van der Waals surface area contributed by atoms with Crippen molar-refractivity contribution in [2.75, 3.05) is 22.9 Å². The molecule has 1 N–H and O–H groups in total. The van der Waals surface area contributed by atoms with E-state index in [1.54, 1.807) is 24.5 Å².